The van der Waals surface area contributed by atoms with Crippen molar-refractivity contribution in [1.29, 1.82) is 0 Å². The van der Waals surface area contributed by atoms with Crippen LogP contribution in [0.4, 0.5) is 16.5 Å². The molecule has 0 bridgehead atoms. The highest BCUT2D eigenvalue weighted by Crippen LogP contribution is 2.23. The minimum atomic E-state index is -0.630. The van der Waals surface area contributed by atoms with E-state index in [1.165, 1.54) is 0 Å². The van der Waals surface area contributed by atoms with Crippen LogP contribution in [0.25, 0.3) is 11.1 Å². The number of nitrogens with one attached hydrogen (secondary N) is 2. The third-order valence-electron chi connectivity index (χ3n) is 3.58. The van der Waals surface area contributed by atoms with Gasteiger partial charge in [-0.15, -0.1) is 0 Å². The molecule has 126 valence electrons. The maximum Gasteiger partial charge on any atom is 0.319 e. The van der Waals surface area contributed by atoms with Crippen LogP contribution in [-0.4, -0.2) is 42.4 Å². The molecule has 1 heterocycles. The van der Waals surface area contributed by atoms with Gasteiger partial charge in [0.2, 0.25) is 0 Å². The summed E-state index contributed by atoms with van der Waals surface area (Å²) < 4.78 is 5.57. The SMILES string of the molecule is CCCC(C)(CO)NC(=O)Nc1ccc2oc(N(C)C)nc2c1. The molecule has 7 heteroatoms. The standard InChI is InChI=1S/C16H24N4O3/c1-5-8-16(2,10-21)19-14(22)17-11-6-7-13-12(9-11)18-15(23-13)20(3)4/h6-7,9,21H,5,8,10H2,1-4H3,(H2,17,19,22). The molecule has 1 unspecified atom stereocenters. The molecule has 2 aromatic rings. The maximum atomic E-state index is 12.1. The number of hydrogen-bond acceptors (Lipinski definition) is 5. The second-order valence-corrected chi connectivity index (χ2v) is 6.12. The van der Waals surface area contributed by atoms with Gasteiger partial charge in [-0.25, -0.2) is 4.79 Å². The van der Waals surface area contributed by atoms with Crippen molar-refractivity contribution in [3.8, 4) is 0 Å². The number of anilines is 2. The smallest absolute Gasteiger partial charge is 0.319 e. The fraction of sp³-hybridized carbons (Fsp3) is 0.500. The number of aliphatic hydroxyl groups excluding tert-OH is 1. The van der Waals surface area contributed by atoms with Crippen molar-refractivity contribution < 1.29 is 14.3 Å². The van der Waals surface area contributed by atoms with Gasteiger partial charge in [-0.3, -0.25) is 0 Å². The lowest BCUT2D eigenvalue weighted by atomic mass is 9.98. The number of rotatable bonds is 6. The summed E-state index contributed by atoms with van der Waals surface area (Å²) in [6.45, 7) is 3.72. The number of carbonyl (C=O) groups is 1. The zero-order chi connectivity index (χ0) is 17.0. The molecule has 0 aliphatic rings. The molecular formula is C16H24N4O3. The van der Waals surface area contributed by atoms with Gasteiger partial charge in [-0.05, 0) is 31.5 Å². The van der Waals surface area contributed by atoms with Crippen molar-refractivity contribution in [2.75, 3.05) is 30.9 Å². The lowest BCUT2D eigenvalue weighted by molar-refractivity contribution is 0.167. The van der Waals surface area contributed by atoms with Gasteiger partial charge in [0.15, 0.2) is 5.58 Å². The molecule has 0 aliphatic carbocycles. The minimum absolute atomic E-state index is 0.108. The number of amides is 2. The number of nitrogens with zero attached hydrogens (tertiary/aromatic N) is 2. The van der Waals surface area contributed by atoms with Gasteiger partial charge in [0.05, 0.1) is 12.1 Å². The lowest BCUT2D eigenvalue weighted by Gasteiger charge is -2.28. The van der Waals surface area contributed by atoms with Crippen LogP contribution < -0.4 is 15.5 Å². The van der Waals surface area contributed by atoms with Crippen molar-refractivity contribution in [2.24, 2.45) is 0 Å². The van der Waals surface area contributed by atoms with Gasteiger partial charge in [0, 0.05) is 19.8 Å². The van der Waals surface area contributed by atoms with Crippen molar-refractivity contribution in [3.05, 3.63) is 18.2 Å². The monoisotopic (exact) mass is 320 g/mol. The molecule has 3 N–H and O–H groups in total. The van der Waals surface area contributed by atoms with E-state index in [1.807, 2.05) is 27.9 Å². The number of hydrogen-bond donors (Lipinski definition) is 3. The van der Waals surface area contributed by atoms with Crippen LogP contribution in [0.5, 0.6) is 0 Å². The number of aliphatic hydroxyl groups is 1. The number of aromatic nitrogens is 1. The van der Waals surface area contributed by atoms with Gasteiger partial charge in [-0.2, -0.15) is 4.98 Å². The maximum absolute atomic E-state index is 12.1. The van der Waals surface area contributed by atoms with E-state index in [1.54, 1.807) is 23.1 Å². The largest absolute Gasteiger partial charge is 0.423 e. The summed E-state index contributed by atoms with van der Waals surface area (Å²) in [5, 5.41) is 15.0. The normalized spacial score (nSPS) is 13.6. The Morgan fingerprint density at radius 2 is 2.17 bits per heavy atom. The summed E-state index contributed by atoms with van der Waals surface area (Å²) in [4.78, 5) is 18.2. The molecule has 0 radical (unpaired) electrons. The molecule has 1 aromatic carbocycles. The van der Waals surface area contributed by atoms with Crippen LogP contribution >= 0.6 is 0 Å². The van der Waals surface area contributed by atoms with Crippen molar-refractivity contribution in [1.82, 2.24) is 10.3 Å². The molecule has 23 heavy (non-hydrogen) atoms. The van der Waals surface area contributed by atoms with E-state index in [-0.39, 0.29) is 12.6 Å². The topological polar surface area (TPSA) is 90.6 Å². The Balaban J connectivity index is 2.10. The Morgan fingerprint density at radius 3 is 2.78 bits per heavy atom. The second kappa shape index (κ2) is 6.87. The van der Waals surface area contributed by atoms with E-state index in [0.29, 0.717) is 29.2 Å². The molecule has 0 aliphatic heterocycles. The molecule has 0 spiro atoms. The Bertz CT molecular complexity index is 683. The molecular weight excluding hydrogens is 296 g/mol. The minimum Gasteiger partial charge on any atom is -0.423 e. The average Bonchev–Trinajstić information content (AvgIpc) is 2.90. The van der Waals surface area contributed by atoms with E-state index >= 15 is 0 Å². The quantitative estimate of drug-likeness (QED) is 0.761. The van der Waals surface area contributed by atoms with Gasteiger partial charge in [0.25, 0.3) is 6.01 Å². The molecule has 0 saturated heterocycles. The van der Waals surface area contributed by atoms with E-state index in [2.05, 4.69) is 15.6 Å². The first-order valence-electron chi connectivity index (χ1n) is 7.65. The van der Waals surface area contributed by atoms with E-state index in [9.17, 15) is 9.90 Å². The Labute approximate surface area is 135 Å². The third-order valence-corrected chi connectivity index (χ3v) is 3.58. The van der Waals surface area contributed by atoms with Crippen molar-refractivity contribution >= 4 is 28.8 Å². The molecule has 2 rings (SSSR count). The summed E-state index contributed by atoms with van der Waals surface area (Å²) >= 11 is 0. The molecule has 2 amide bonds. The van der Waals surface area contributed by atoms with Crippen LogP contribution in [-0.2, 0) is 0 Å². The first-order valence-corrected chi connectivity index (χ1v) is 7.65. The first kappa shape index (κ1) is 17.1. The van der Waals surface area contributed by atoms with Gasteiger partial charge < -0.3 is 25.1 Å². The van der Waals surface area contributed by atoms with Crippen LogP contribution in [0.3, 0.4) is 0 Å². The Kier molecular flexibility index (Phi) is 5.10. The molecule has 1 aromatic heterocycles. The fourth-order valence-electron chi connectivity index (χ4n) is 2.35. The van der Waals surface area contributed by atoms with E-state index in [4.69, 9.17) is 4.42 Å². The Morgan fingerprint density at radius 1 is 1.43 bits per heavy atom. The van der Waals surface area contributed by atoms with E-state index < -0.39 is 5.54 Å². The molecule has 0 saturated carbocycles. The van der Waals surface area contributed by atoms with Crippen molar-refractivity contribution in [2.45, 2.75) is 32.2 Å². The summed E-state index contributed by atoms with van der Waals surface area (Å²) in [5.41, 5.74) is 1.32. The number of fused-ring (bicyclic) bond motifs is 1. The third kappa shape index (κ3) is 4.13. The molecule has 1 atom stereocenters. The average molecular weight is 320 g/mol. The highest BCUT2D eigenvalue weighted by Gasteiger charge is 2.24. The summed E-state index contributed by atoms with van der Waals surface area (Å²) in [7, 11) is 3.70. The molecule has 0 fully saturated rings. The summed E-state index contributed by atoms with van der Waals surface area (Å²) in [6, 6.07) is 5.43. The summed E-state index contributed by atoms with van der Waals surface area (Å²) in [5.74, 6) is 0. The van der Waals surface area contributed by atoms with Gasteiger partial charge >= 0.3 is 6.03 Å². The highest BCUT2D eigenvalue weighted by molar-refractivity contribution is 5.92. The zero-order valence-electron chi connectivity index (χ0n) is 14.0. The van der Waals surface area contributed by atoms with Crippen LogP contribution in [0.1, 0.15) is 26.7 Å². The number of oxazole rings is 1. The predicted octanol–water partition coefficient (Wildman–Crippen LogP) is 2.57. The van der Waals surface area contributed by atoms with Gasteiger partial charge in [0.1, 0.15) is 5.52 Å². The fourth-order valence-corrected chi connectivity index (χ4v) is 2.35. The zero-order valence-corrected chi connectivity index (χ0v) is 14.0. The lowest BCUT2D eigenvalue weighted by Crippen LogP contribution is -2.50. The van der Waals surface area contributed by atoms with Gasteiger partial charge in [-0.1, -0.05) is 13.3 Å². The summed E-state index contributed by atoms with van der Waals surface area (Å²) in [6.07, 6.45) is 1.57. The Hall–Kier alpha value is -2.28. The highest BCUT2D eigenvalue weighted by atomic mass is 16.4. The first-order chi connectivity index (χ1) is 10.9. The second-order valence-electron chi connectivity index (χ2n) is 6.12. The van der Waals surface area contributed by atoms with Crippen LogP contribution in [0, 0.1) is 0 Å². The predicted molar refractivity (Wildman–Crippen MR) is 90.9 cm³/mol. The van der Waals surface area contributed by atoms with Crippen LogP contribution in [0.15, 0.2) is 22.6 Å². The molecule has 7 nitrogen and oxygen atoms in total. The number of urea groups is 1. The van der Waals surface area contributed by atoms with Crippen molar-refractivity contribution in [3.63, 3.8) is 0 Å². The van der Waals surface area contributed by atoms with Crippen LogP contribution in [0.2, 0.25) is 0 Å². The van der Waals surface area contributed by atoms with E-state index in [0.717, 1.165) is 6.42 Å². The number of benzene rings is 1. The number of carbonyl (C=O) groups excluding carboxylic acids is 1.